The third-order valence-electron chi connectivity index (χ3n) is 5.38. The molecule has 2 saturated heterocycles. The van der Waals surface area contributed by atoms with Crippen LogP contribution in [0.2, 0.25) is 5.02 Å². The molecule has 37 heavy (non-hydrogen) atoms. The predicted molar refractivity (Wildman–Crippen MR) is 148 cm³/mol. The smallest absolute Gasteiger partial charge is 0.285 e. The van der Waals surface area contributed by atoms with Crippen molar-refractivity contribution in [1.29, 1.82) is 0 Å². The number of thiocarbonyl (C=S) groups is 1. The number of nitrogens with one attached hydrogen (secondary N) is 1. The van der Waals surface area contributed by atoms with E-state index >= 15 is 0 Å². The van der Waals surface area contributed by atoms with Gasteiger partial charge in [-0.15, -0.1) is 0 Å². The number of thioether (sulfide) groups is 1. The van der Waals surface area contributed by atoms with Crippen molar-refractivity contribution in [2.24, 2.45) is 0 Å². The first-order chi connectivity index (χ1) is 17.8. The van der Waals surface area contributed by atoms with E-state index in [4.69, 9.17) is 38.0 Å². The van der Waals surface area contributed by atoms with E-state index in [-0.39, 0.29) is 27.4 Å². The Labute approximate surface area is 236 Å². The fourth-order valence-electron chi connectivity index (χ4n) is 3.52. The molecule has 9 nitrogen and oxygen atoms in total. The fourth-order valence-corrected chi connectivity index (χ4v) is 5.50. The Kier molecular flexibility index (Phi) is 9.08. The van der Waals surface area contributed by atoms with Gasteiger partial charge in [0.15, 0.2) is 22.4 Å². The van der Waals surface area contributed by atoms with Crippen molar-refractivity contribution < 1.29 is 28.6 Å². The first kappa shape index (κ1) is 27.4. The van der Waals surface area contributed by atoms with Crippen LogP contribution < -0.4 is 14.9 Å². The molecule has 4 rings (SSSR count). The molecule has 194 valence electrons. The molecule has 0 bridgehead atoms. The van der Waals surface area contributed by atoms with Gasteiger partial charge in [-0.1, -0.05) is 35.5 Å². The van der Waals surface area contributed by atoms with Crippen molar-refractivity contribution in [2.75, 3.05) is 40.0 Å². The van der Waals surface area contributed by atoms with Gasteiger partial charge < -0.3 is 19.1 Å². The molecule has 0 unspecified atom stereocenters. The third-order valence-corrected chi connectivity index (χ3v) is 7.60. The third kappa shape index (κ3) is 6.44. The molecule has 1 N–H and O–H groups in total. The first-order valence-electron chi connectivity index (χ1n) is 11.0. The standard InChI is InChI=1S/C24H21BrClN3O6S2/c1-33-18-11-14(10-16(25)21(18)35-13-20(30)28-6-8-34-9-7-28)12-19-23(32)29(24(36)37-19)27-22(31)15-4-2-3-5-17(15)26/h2-5,10-12H,6-9,13H2,1H3,(H,27,31)/b19-12+. The zero-order valence-electron chi connectivity index (χ0n) is 19.5. The van der Waals surface area contributed by atoms with Crippen molar-refractivity contribution in [3.8, 4) is 11.5 Å². The summed E-state index contributed by atoms with van der Waals surface area (Å²) >= 11 is 15.9. The monoisotopic (exact) mass is 625 g/mol. The number of hydrazine groups is 1. The molecule has 2 aromatic carbocycles. The summed E-state index contributed by atoms with van der Waals surface area (Å²) in [5.41, 5.74) is 3.35. The molecule has 2 aliphatic heterocycles. The number of halogens is 2. The number of carbonyl (C=O) groups is 3. The molecular formula is C24H21BrClN3O6S2. The Morgan fingerprint density at radius 3 is 2.70 bits per heavy atom. The average Bonchev–Trinajstić information content (AvgIpc) is 3.15. The van der Waals surface area contributed by atoms with Crippen LogP contribution in [0, 0.1) is 0 Å². The molecule has 0 atom stereocenters. The van der Waals surface area contributed by atoms with Crippen molar-refractivity contribution in [3.63, 3.8) is 0 Å². The number of morpholine rings is 1. The molecule has 13 heteroatoms. The van der Waals surface area contributed by atoms with Gasteiger partial charge in [-0.05, 0) is 64.1 Å². The number of amides is 3. The van der Waals surface area contributed by atoms with Crippen LogP contribution in [0.5, 0.6) is 11.5 Å². The summed E-state index contributed by atoms with van der Waals surface area (Å²) in [5, 5.41) is 1.27. The Hall–Kier alpha value is -2.64. The number of benzene rings is 2. The second-order valence-corrected chi connectivity index (χ2v) is 10.7. The summed E-state index contributed by atoms with van der Waals surface area (Å²) in [4.78, 5) is 40.0. The summed E-state index contributed by atoms with van der Waals surface area (Å²) in [6, 6.07) is 9.90. The average molecular weight is 627 g/mol. The first-order valence-corrected chi connectivity index (χ1v) is 13.4. The van der Waals surface area contributed by atoms with Crippen LogP contribution in [-0.4, -0.2) is 72.0 Å². The number of nitrogens with zero attached hydrogens (tertiary/aromatic N) is 2. The van der Waals surface area contributed by atoms with Crippen molar-refractivity contribution in [1.82, 2.24) is 15.3 Å². The second kappa shape index (κ2) is 12.3. The van der Waals surface area contributed by atoms with Gasteiger partial charge in [0.1, 0.15) is 0 Å². The maximum absolute atomic E-state index is 13.0. The normalized spacial score (nSPS) is 16.8. The lowest BCUT2D eigenvalue weighted by atomic mass is 10.2. The van der Waals surface area contributed by atoms with Crippen LogP contribution in [0.3, 0.4) is 0 Å². The Morgan fingerprint density at radius 2 is 2.00 bits per heavy atom. The Morgan fingerprint density at radius 1 is 1.27 bits per heavy atom. The molecular weight excluding hydrogens is 606 g/mol. The minimum Gasteiger partial charge on any atom is -0.493 e. The molecule has 2 aromatic rings. The van der Waals surface area contributed by atoms with Gasteiger partial charge in [0.05, 0.1) is 40.3 Å². The number of hydrogen-bond acceptors (Lipinski definition) is 8. The minimum absolute atomic E-state index is 0.149. The van der Waals surface area contributed by atoms with Gasteiger partial charge in [0.2, 0.25) is 0 Å². The van der Waals surface area contributed by atoms with E-state index in [0.29, 0.717) is 52.7 Å². The summed E-state index contributed by atoms with van der Waals surface area (Å²) in [6.45, 7) is 1.90. The summed E-state index contributed by atoms with van der Waals surface area (Å²) in [7, 11) is 1.48. The highest BCUT2D eigenvalue weighted by atomic mass is 79.9. The number of carbonyl (C=O) groups excluding carboxylic acids is 3. The van der Waals surface area contributed by atoms with Gasteiger partial charge >= 0.3 is 0 Å². The lowest BCUT2D eigenvalue weighted by Crippen LogP contribution is -2.44. The Bertz CT molecular complexity index is 1290. The quantitative estimate of drug-likeness (QED) is 0.365. The SMILES string of the molecule is COc1cc(/C=C2/SC(=S)N(NC(=O)c3ccccc3Cl)C2=O)cc(Br)c1OCC(=O)N1CCOCC1. The lowest BCUT2D eigenvalue weighted by molar-refractivity contribution is -0.137. The van der Waals surface area contributed by atoms with Gasteiger partial charge in [0.25, 0.3) is 17.7 Å². The molecule has 3 amide bonds. The van der Waals surface area contributed by atoms with Gasteiger partial charge in [0, 0.05) is 13.1 Å². The summed E-state index contributed by atoms with van der Waals surface area (Å²) in [6.07, 6.45) is 1.62. The molecule has 2 fully saturated rings. The molecule has 0 saturated carbocycles. The summed E-state index contributed by atoms with van der Waals surface area (Å²) in [5.74, 6) is -0.454. The highest BCUT2D eigenvalue weighted by molar-refractivity contribution is 9.10. The number of rotatable bonds is 7. The second-order valence-electron chi connectivity index (χ2n) is 7.75. The highest BCUT2D eigenvalue weighted by Crippen LogP contribution is 2.39. The maximum Gasteiger partial charge on any atom is 0.285 e. The predicted octanol–water partition coefficient (Wildman–Crippen LogP) is 3.89. The summed E-state index contributed by atoms with van der Waals surface area (Å²) < 4.78 is 17.2. The van der Waals surface area contributed by atoms with E-state index < -0.39 is 11.8 Å². The number of ether oxygens (including phenoxy) is 3. The molecule has 0 radical (unpaired) electrons. The molecule has 0 aliphatic carbocycles. The van der Waals surface area contributed by atoms with E-state index in [0.717, 1.165) is 16.8 Å². The molecule has 0 aromatic heterocycles. The minimum atomic E-state index is -0.555. The number of hydrogen-bond donors (Lipinski definition) is 1. The largest absolute Gasteiger partial charge is 0.493 e. The molecule has 0 spiro atoms. The highest BCUT2D eigenvalue weighted by Gasteiger charge is 2.34. The van der Waals surface area contributed by atoms with Crippen molar-refractivity contribution in [3.05, 3.63) is 61.9 Å². The lowest BCUT2D eigenvalue weighted by Gasteiger charge is -2.27. The van der Waals surface area contributed by atoms with Crippen LogP contribution in [0.1, 0.15) is 15.9 Å². The van der Waals surface area contributed by atoms with Crippen LogP contribution in [0.15, 0.2) is 45.8 Å². The zero-order valence-corrected chi connectivity index (χ0v) is 23.5. The van der Waals surface area contributed by atoms with E-state index in [2.05, 4.69) is 21.4 Å². The Balaban J connectivity index is 1.47. The van der Waals surface area contributed by atoms with Crippen LogP contribution in [0.25, 0.3) is 6.08 Å². The van der Waals surface area contributed by atoms with Gasteiger partial charge in [-0.3, -0.25) is 19.8 Å². The molecule has 2 aliphatic rings. The van der Waals surface area contributed by atoms with E-state index in [1.807, 2.05) is 0 Å². The van der Waals surface area contributed by atoms with Gasteiger partial charge in [-0.2, -0.15) is 5.01 Å². The van der Waals surface area contributed by atoms with Crippen LogP contribution in [-0.2, 0) is 14.3 Å². The number of methoxy groups -OCH3 is 1. The van der Waals surface area contributed by atoms with Crippen molar-refractivity contribution in [2.45, 2.75) is 0 Å². The maximum atomic E-state index is 13.0. The topological polar surface area (TPSA) is 97.4 Å². The van der Waals surface area contributed by atoms with Gasteiger partial charge in [-0.25, -0.2) is 0 Å². The van der Waals surface area contributed by atoms with E-state index in [9.17, 15) is 14.4 Å². The van der Waals surface area contributed by atoms with E-state index in [1.165, 1.54) is 7.11 Å². The fraction of sp³-hybridized carbons (Fsp3) is 0.250. The van der Waals surface area contributed by atoms with E-state index in [1.54, 1.807) is 47.4 Å². The zero-order chi connectivity index (χ0) is 26.5. The van der Waals surface area contributed by atoms with Crippen LogP contribution in [0.4, 0.5) is 0 Å². The molecule has 2 heterocycles. The van der Waals surface area contributed by atoms with Crippen LogP contribution >= 0.6 is 51.5 Å². The van der Waals surface area contributed by atoms with Crippen molar-refractivity contribution >= 4 is 79.6 Å².